The van der Waals surface area contributed by atoms with Gasteiger partial charge in [0.2, 0.25) is 11.8 Å². The first-order valence-electron chi connectivity index (χ1n) is 5.92. The fourth-order valence-electron chi connectivity index (χ4n) is 2.15. The standard InChI is InChI=1S/C10H17N7O2/c1-15(2)7-3-4-16(6-7)9-8(17(18)19)5-12-10(13-9)14-11/h5,7H,3-4,6,11H2,1-2H3,(H,12,13,14). The molecule has 0 radical (unpaired) electrons. The second-order valence-electron chi connectivity index (χ2n) is 4.66. The van der Waals surface area contributed by atoms with Crippen LogP contribution < -0.4 is 16.2 Å². The predicted octanol–water partition coefficient (Wildman–Crippen LogP) is -0.189. The Morgan fingerprint density at radius 1 is 1.63 bits per heavy atom. The van der Waals surface area contributed by atoms with Gasteiger partial charge < -0.3 is 9.80 Å². The number of aromatic nitrogens is 2. The minimum absolute atomic E-state index is 0.0987. The fourth-order valence-corrected chi connectivity index (χ4v) is 2.15. The van der Waals surface area contributed by atoms with Gasteiger partial charge in [-0.2, -0.15) is 4.98 Å². The lowest BCUT2D eigenvalue weighted by molar-refractivity contribution is -0.384. The van der Waals surface area contributed by atoms with E-state index in [1.807, 2.05) is 19.0 Å². The van der Waals surface area contributed by atoms with E-state index in [0.717, 1.165) is 13.0 Å². The van der Waals surface area contributed by atoms with Gasteiger partial charge in [-0.15, -0.1) is 0 Å². The molecule has 0 aliphatic carbocycles. The van der Waals surface area contributed by atoms with Crippen LogP contribution in [-0.4, -0.2) is 53.0 Å². The van der Waals surface area contributed by atoms with Crippen LogP contribution in [0.3, 0.4) is 0 Å². The molecule has 0 aromatic carbocycles. The number of nitrogens with two attached hydrogens (primary N) is 1. The number of nitrogen functional groups attached to an aromatic ring is 1. The van der Waals surface area contributed by atoms with Crippen LogP contribution >= 0.6 is 0 Å². The summed E-state index contributed by atoms with van der Waals surface area (Å²) in [6, 6.07) is 0.365. The van der Waals surface area contributed by atoms with Crippen molar-refractivity contribution in [1.29, 1.82) is 0 Å². The Bertz CT molecular complexity index is 479. The van der Waals surface area contributed by atoms with Crippen LogP contribution in [0.2, 0.25) is 0 Å². The van der Waals surface area contributed by atoms with Crippen molar-refractivity contribution in [2.24, 2.45) is 5.84 Å². The predicted molar refractivity (Wildman–Crippen MR) is 70.8 cm³/mol. The quantitative estimate of drug-likeness (QED) is 0.438. The lowest BCUT2D eigenvalue weighted by atomic mass is 10.2. The number of likely N-dealkylation sites (N-methyl/N-ethyl adjacent to an activating group) is 1. The summed E-state index contributed by atoms with van der Waals surface area (Å²) in [5.41, 5.74) is 2.21. The summed E-state index contributed by atoms with van der Waals surface area (Å²) < 4.78 is 0. The second-order valence-corrected chi connectivity index (χ2v) is 4.66. The highest BCUT2D eigenvalue weighted by atomic mass is 16.6. The van der Waals surface area contributed by atoms with Crippen molar-refractivity contribution in [3.63, 3.8) is 0 Å². The molecule has 2 rings (SSSR count). The van der Waals surface area contributed by atoms with Gasteiger partial charge in [0.05, 0.1) is 4.92 Å². The van der Waals surface area contributed by atoms with Crippen LogP contribution in [-0.2, 0) is 0 Å². The third-order valence-electron chi connectivity index (χ3n) is 3.27. The van der Waals surface area contributed by atoms with Crippen LogP contribution in [0.1, 0.15) is 6.42 Å². The smallest absolute Gasteiger partial charge is 0.329 e. The van der Waals surface area contributed by atoms with Crippen molar-refractivity contribution in [2.45, 2.75) is 12.5 Å². The zero-order valence-electron chi connectivity index (χ0n) is 10.9. The molecule has 1 aliphatic heterocycles. The van der Waals surface area contributed by atoms with E-state index in [4.69, 9.17) is 5.84 Å². The normalized spacial score (nSPS) is 18.9. The first-order chi connectivity index (χ1) is 9.02. The SMILES string of the molecule is CN(C)C1CCN(c2nc(NN)ncc2[N+](=O)[O-])C1. The van der Waals surface area contributed by atoms with Crippen molar-refractivity contribution in [1.82, 2.24) is 14.9 Å². The molecule has 9 nitrogen and oxygen atoms in total. The van der Waals surface area contributed by atoms with Gasteiger partial charge in [-0.25, -0.2) is 10.8 Å². The minimum atomic E-state index is -0.474. The van der Waals surface area contributed by atoms with Gasteiger partial charge in [0, 0.05) is 19.1 Å². The number of rotatable bonds is 4. The molecule has 0 bridgehead atoms. The topological polar surface area (TPSA) is 113 Å². The molecule has 1 aromatic heterocycles. The maximum atomic E-state index is 11.0. The number of nitro groups is 1. The third kappa shape index (κ3) is 2.71. The summed E-state index contributed by atoms with van der Waals surface area (Å²) in [6.07, 6.45) is 2.13. The highest BCUT2D eigenvalue weighted by molar-refractivity contribution is 5.59. The molecule has 19 heavy (non-hydrogen) atoms. The number of hydrogen-bond acceptors (Lipinski definition) is 8. The Morgan fingerprint density at radius 2 is 2.37 bits per heavy atom. The average molecular weight is 267 g/mol. The molecule has 9 heteroatoms. The molecule has 0 amide bonds. The molecule has 1 unspecified atom stereocenters. The zero-order chi connectivity index (χ0) is 14.0. The molecule has 1 aromatic rings. The molecule has 0 spiro atoms. The van der Waals surface area contributed by atoms with Gasteiger partial charge >= 0.3 is 5.69 Å². The van der Waals surface area contributed by atoms with Crippen LogP contribution in [0, 0.1) is 10.1 Å². The highest BCUT2D eigenvalue weighted by Crippen LogP contribution is 2.29. The molecule has 1 aliphatic rings. The molecule has 104 valence electrons. The molecule has 1 atom stereocenters. The van der Waals surface area contributed by atoms with Gasteiger partial charge in [-0.05, 0) is 20.5 Å². The number of hydrazine groups is 1. The number of anilines is 2. The molecule has 3 N–H and O–H groups in total. The van der Waals surface area contributed by atoms with Crippen molar-refractivity contribution in [2.75, 3.05) is 37.5 Å². The zero-order valence-corrected chi connectivity index (χ0v) is 10.9. The number of nitrogens with zero attached hydrogens (tertiary/aromatic N) is 5. The van der Waals surface area contributed by atoms with E-state index in [2.05, 4.69) is 20.3 Å². The lowest BCUT2D eigenvalue weighted by Gasteiger charge is -2.20. The highest BCUT2D eigenvalue weighted by Gasteiger charge is 2.30. The van der Waals surface area contributed by atoms with E-state index in [1.165, 1.54) is 6.20 Å². The lowest BCUT2D eigenvalue weighted by Crippen LogP contribution is -2.32. The monoisotopic (exact) mass is 267 g/mol. The van der Waals surface area contributed by atoms with Gasteiger partial charge in [0.25, 0.3) is 0 Å². The third-order valence-corrected chi connectivity index (χ3v) is 3.27. The molecule has 1 saturated heterocycles. The second kappa shape index (κ2) is 5.33. The fraction of sp³-hybridized carbons (Fsp3) is 0.600. The summed E-state index contributed by atoms with van der Waals surface area (Å²) in [7, 11) is 3.99. The first kappa shape index (κ1) is 13.4. The van der Waals surface area contributed by atoms with Crippen molar-refractivity contribution in [3.05, 3.63) is 16.3 Å². The summed E-state index contributed by atoms with van der Waals surface area (Å²) in [6.45, 7) is 1.43. The van der Waals surface area contributed by atoms with Gasteiger partial charge in [-0.1, -0.05) is 0 Å². The van der Waals surface area contributed by atoms with Crippen molar-refractivity contribution < 1.29 is 4.92 Å². The Kier molecular flexibility index (Phi) is 3.76. The summed E-state index contributed by atoms with van der Waals surface area (Å²) >= 11 is 0. The van der Waals surface area contributed by atoms with E-state index < -0.39 is 4.92 Å². The maximum Gasteiger partial charge on any atom is 0.329 e. The Hall–Kier alpha value is -2.00. The largest absolute Gasteiger partial charge is 0.349 e. The van der Waals surface area contributed by atoms with E-state index in [1.54, 1.807) is 0 Å². The minimum Gasteiger partial charge on any atom is -0.349 e. The van der Waals surface area contributed by atoms with E-state index in [0.29, 0.717) is 18.4 Å². The number of hydrogen-bond donors (Lipinski definition) is 2. The Morgan fingerprint density at radius 3 is 2.89 bits per heavy atom. The van der Waals surface area contributed by atoms with Crippen LogP contribution in [0.25, 0.3) is 0 Å². The van der Waals surface area contributed by atoms with Crippen LogP contribution in [0.15, 0.2) is 6.20 Å². The maximum absolute atomic E-state index is 11.0. The summed E-state index contributed by atoms with van der Waals surface area (Å²) in [5.74, 6) is 5.74. The van der Waals surface area contributed by atoms with E-state index in [-0.39, 0.29) is 11.6 Å². The summed E-state index contributed by atoms with van der Waals surface area (Å²) in [4.78, 5) is 22.4. The van der Waals surface area contributed by atoms with Crippen molar-refractivity contribution in [3.8, 4) is 0 Å². The van der Waals surface area contributed by atoms with Gasteiger partial charge in [-0.3, -0.25) is 15.5 Å². The molecule has 0 saturated carbocycles. The van der Waals surface area contributed by atoms with Crippen molar-refractivity contribution >= 4 is 17.5 Å². The van der Waals surface area contributed by atoms with E-state index >= 15 is 0 Å². The molecular weight excluding hydrogens is 250 g/mol. The van der Waals surface area contributed by atoms with Gasteiger partial charge in [0.1, 0.15) is 6.20 Å². The first-order valence-corrected chi connectivity index (χ1v) is 5.92. The van der Waals surface area contributed by atoms with Gasteiger partial charge in [0.15, 0.2) is 0 Å². The molecule has 2 heterocycles. The summed E-state index contributed by atoms with van der Waals surface area (Å²) in [5, 5.41) is 11.0. The number of nitrogens with one attached hydrogen (secondary N) is 1. The van der Waals surface area contributed by atoms with Crippen LogP contribution in [0.5, 0.6) is 0 Å². The Labute approximate surface area is 110 Å². The van der Waals surface area contributed by atoms with Crippen LogP contribution in [0.4, 0.5) is 17.5 Å². The average Bonchev–Trinajstić information content (AvgIpc) is 2.87. The molecular formula is C10H17N7O2. The Balaban J connectivity index is 2.30. The van der Waals surface area contributed by atoms with E-state index in [9.17, 15) is 10.1 Å². The molecule has 1 fully saturated rings.